The molecular weight excluding hydrogens is 466 g/mol. The minimum atomic E-state index is -3.95. The predicted octanol–water partition coefficient (Wildman–Crippen LogP) is 4.59. The molecule has 1 N–H and O–H groups in total. The van der Waals surface area contributed by atoms with Crippen molar-refractivity contribution in [3.05, 3.63) is 69.1 Å². The normalized spacial score (nSPS) is 15.4. The smallest absolute Gasteiger partial charge is 0.339 e. The maximum Gasteiger partial charge on any atom is 0.339 e. The summed E-state index contributed by atoms with van der Waals surface area (Å²) in [7, 11) is -3.95. The molecule has 2 aromatic carbocycles. The highest BCUT2D eigenvalue weighted by atomic mass is 32.2. The monoisotopic (exact) mass is 497 g/mol. The van der Waals surface area contributed by atoms with E-state index in [2.05, 4.69) is 4.72 Å². The first-order valence-electron chi connectivity index (χ1n) is 12.0. The molecule has 0 unspecified atom stereocenters. The van der Waals surface area contributed by atoms with E-state index < -0.39 is 22.0 Å². The standard InChI is InChI=1S/C27H31NO6S/c1-5-18(4)25(28-35(31,32)19-12-10-16(2)11-13-19)27(30)34-23-15-17(3)14-22-24(23)20-8-6-7-9-21(20)26(29)33-22/h10-15,18,25,28H,5-9H2,1-4H3/t18-,25-/m0/s1. The Morgan fingerprint density at radius 1 is 1.06 bits per heavy atom. The van der Waals surface area contributed by atoms with Crippen LogP contribution in [0, 0.1) is 19.8 Å². The van der Waals surface area contributed by atoms with Crippen molar-refractivity contribution in [1.82, 2.24) is 4.72 Å². The maximum atomic E-state index is 13.4. The first-order chi connectivity index (χ1) is 16.6. The van der Waals surface area contributed by atoms with E-state index in [4.69, 9.17) is 9.15 Å². The molecule has 0 aliphatic heterocycles. The fraction of sp³-hybridized carbons (Fsp3) is 0.407. The van der Waals surface area contributed by atoms with Crippen molar-refractivity contribution in [2.75, 3.05) is 0 Å². The van der Waals surface area contributed by atoms with Crippen molar-refractivity contribution in [2.45, 2.75) is 70.7 Å². The molecule has 186 valence electrons. The van der Waals surface area contributed by atoms with Crippen LogP contribution in [0.3, 0.4) is 0 Å². The molecule has 0 fully saturated rings. The van der Waals surface area contributed by atoms with Gasteiger partial charge in [0.25, 0.3) is 0 Å². The van der Waals surface area contributed by atoms with Gasteiger partial charge in [0.2, 0.25) is 10.0 Å². The molecule has 2 atom stereocenters. The van der Waals surface area contributed by atoms with Crippen LogP contribution in [0.5, 0.6) is 5.75 Å². The molecule has 1 aliphatic rings. The van der Waals surface area contributed by atoms with Gasteiger partial charge in [-0.2, -0.15) is 4.72 Å². The van der Waals surface area contributed by atoms with Gasteiger partial charge in [-0.15, -0.1) is 0 Å². The highest BCUT2D eigenvalue weighted by Gasteiger charge is 2.32. The second kappa shape index (κ2) is 9.95. The summed E-state index contributed by atoms with van der Waals surface area (Å²) >= 11 is 0. The molecule has 0 saturated heterocycles. The lowest BCUT2D eigenvalue weighted by atomic mass is 9.90. The third-order valence-electron chi connectivity index (χ3n) is 6.72. The van der Waals surface area contributed by atoms with E-state index in [0.717, 1.165) is 29.5 Å². The lowest BCUT2D eigenvalue weighted by Gasteiger charge is -2.24. The van der Waals surface area contributed by atoms with Gasteiger partial charge in [-0.25, -0.2) is 18.0 Å². The van der Waals surface area contributed by atoms with Gasteiger partial charge in [0.15, 0.2) is 0 Å². The number of hydrogen-bond acceptors (Lipinski definition) is 6. The predicted molar refractivity (Wildman–Crippen MR) is 134 cm³/mol. The third kappa shape index (κ3) is 5.18. The molecule has 3 aromatic rings. The van der Waals surface area contributed by atoms with Gasteiger partial charge in [-0.05, 0) is 80.8 Å². The molecule has 8 heteroatoms. The second-order valence-electron chi connectivity index (χ2n) is 9.41. The lowest BCUT2D eigenvalue weighted by Crippen LogP contribution is -2.47. The van der Waals surface area contributed by atoms with Crippen LogP contribution in [0.4, 0.5) is 0 Å². The Bertz CT molecular complexity index is 1420. The van der Waals surface area contributed by atoms with E-state index in [-0.39, 0.29) is 22.2 Å². The second-order valence-corrected chi connectivity index (χ2v) is 11.1. The van der Waals surface area contributed by atoms with E-state index in [0.29, 0.717) is 35.8 Å². The van der Waals surface area contributed by atoms with Gasteiger partial charge in [0.1, 0.15) is 17.4 Å². The van der Waals surface area contributed by atoms with Crippen LogP contribution in [0.1, 0.15) is 55.4 Å². The van der Waals surface area contributed by atoms with Crippen LogP contribution >= 0.6 is 0 Å². The number of esters is 1. The molecule has 1 aromatic heterocycles. The largest absolute Gasteiger partial charge is 0.425 e. The van der Waals surface area contributed by atoms with Crippen molar-refractivity contribution in [2.24, 2.45) is 5.92 Å². The van der Waals surface area contributed by atoms with Crippen LogP contribution in [0.25, 0.3) is 11.0 Å². The number of fused-ring (bicyclic) bond motifs is 3. The molecule has 7 nitrogen and oxygen atoms in total. The molecule has 1 aliphatic carbocycles. The van der Waals surface area contributed by atoms with E-state index >= 15 is 0 Å². The molecule has 0 saturated carbocycles. The van der Waals surface area contributed by atoms with Crippen LogP contribution < -0.4 is 15.1 Å². The van der Waals surface area contributed by atoms with Crippen LogP contribution in [0.15, 0.2) is 50.5 Å². The SMILES string of the molecule is CC[C@H](C)[C@H](NS(=O)(=O)c1ccc(C)cc1)C(=O)Oc1cc(C)cc2oc(=O)c3c(c12)CCCC3. The molecule has 35 heavy (non-hydrogen) atoms. The molecular formula is C27H31NO6S. The highest BCUT2D eigenvalue weighted by molar-refractivity contribution is 7.89. The van der Waals surface area contributed by atoms with Gasteiger partial charge in [0.05, 0.1) is 10.3 Å². The Hall–Kier alpha value is -2.97. The Morgan fingerprint density at radius 3 is 2.37 bits per heavy atom. The number of hydrogen-bond donors (Lipinski definition) is 1. The topological polar surface area (TPSA) is 103 Å². The number of ether oxygens (including phenoxy) is 1. The minimum Gasteiger partial charge on any atom is -0.425 e. The Morgan fingerprint density at radius 2 is 1.71 bits per heavy atom. The van der Waals surface area contributed by atoms with Gasteiger partial charge < -0.3 is 9.15 Å². The molecule has 0 spiro atoms. The van der Waals surface area contributed by atoms with Crippen LogP contribution in [-0.4, -0.2) is 20.4 Å². The van der Waals surface area contributed by atoms with Gasteiger partial charge >= 0.3 is 11.6 Å². The molecule has 1 heterocycles. The molecule has 0 amide bonds. The first kappa shape index (κ1) is 25.1. The van der Waals surface area contributed by atoms with Crippen molar-refractivity contribution < 1.29 is 22.4 Å². The van der Waals surface area contributed by atoms with Crippen molar-refractivity contribution in [1.29, 1.82) is 0 Å². The van der Waals surface area contributed by atoms with Gasteiger partial charge in [-0.1, -0.05) is 38.0 Å². The first-order valence-corrected chi connectivity index (χ1v) is 13.5. The average Bonchev–Trinajstić information content (AvgIpc) is 2.82. The summed E-state index contributed by atoms with van der Waals surface area (Å²) < 4.78 is 40.1. The summed E-state index contributed by atoms with van der Waals surface area (Å²) in [6.07, 6.45) is 3.72. The van der Waals surface area contributed by atoms with E-state index in [9.17, 15) is 18.0 Å². The number of carbonyl (C=O) groups excluding carboxylic acids is 1. The highest BCUT2D eigenvalue weighted by Crippen LogP contribution is 2.35. The fourth-order valence-electron chi connectivity index (χ4n) is 4.50. The van der Waals surface area contributed by atoms with E-state index in [1.54, 1.807) is 31.2 Å². The number of rotatable bonds is 7. The van der Waals surface area contributed by atoms with Crippen molar-refractivity contribution in [3.8, 4) is 5.75 Å². The van der Waals surface area contributed by atoms with Gasteiger partial charge in [0, 0.05) is 5.56 Å². The van der Waals surface area contributed by atoms with Gasteiger partial charge in [-0.3, -0.25) is 0 Å². The number of aryl methyl sites for hydroxylation is 3. The van der Waals surface area contributed by atoms with Crippen LogP contribution in [-0.2, 0) is 27.7 Å². The zero-order chi connectivity index (χ0) is 25.3. The summed E-state index contributed by atoms with van der Waals surface area (Å²) in [5.41, 5.74) is 3.20. The number of sulfonamides is 1. The number of carbonyl (C=O) groups is 1. The lowest BCUT2D eigenvalue weighted by molar-refractivity contribution is -0.137. The van der Waals surface area contributed by atoms with E-state index in [1.165, 1.54) is 12.1 Å². The Balaban J connectivity index is 1.72. The Kier molecular flexibility index (Phi) is 7.15. The van der Waals surface area contributed by atoms with Crippen molar-refractivity contribution in [3.63, 3.8) is 0 Å². The quantitative estimate of drug-likeness (QED) is 0.291. The third-order valence-corrected chi connectivity index (χ3v) is 8.18. The molecule has 4 rings (SSSR count). The number of nitrogens with one attached hydrogen (secondary N) is 1. The van der Waals surface area contributed by atoms with E-state index in [1.807, 2.05) is 20.8 Å². The van der Waals surface area contributed by atoms with Crippen molar-refractivity contribution >= 4 is 27.0 Å². The average molecular weight is 498 g/mol. The summed E-state index contributed by atoms with van der Waals surface area (Å²) in [5, 5.41) is 0.613. The number of benzene rings is 2. The summed E-state index contributed by atoms with van der Waals surface area (Å²) in [6.45, 7) is 7.38. The zero-order valence-electron chi connectivity index (χ0n) is 20.5. The molecule has 0 bridgehead atoms. The maximum absolute atomic E-state index is 13.4. The fourth-order valence-corrected chi connectivity index (χ4v) is 5.80. The zero-order valence-corrected chi connectivity index (χ0v) is 21.3. The molecule has 0 radical (unpaired) electrons. The summed E-state index contributed by atoms with van der Waals surface area (Å²) in [6, 6.07) is 8.85. The Labute approximate surface area is 205 Å². The minimum absolute atomic E-state index is 0.0843. The summed E-state index contributed by atoms with van der Waals surface area (Å²) in [5.74, 6) is -0.724. The summed E-state index contributed by atoms with van der Waals surface area (Å²) in [4.78, 5) is 26.0. The van der Waals surface area contributed by atoms with Crippen LogP contribution in [0.2, 0.25) is 0 Å².